The summed E-state index contributed by atoms with van der Waals surface area (Å²) < 4.78 is 8.30. The van der Waals surface area contributed by atoms with Crippen LogP contribution >= 0.6 is 0 Å². The van der Waals surface area contributed by atoms with E-state index in [-0.39, 0.29) is 11.6 Å². The molecule has 0 saturated heterocycles. The first kappa shape index (κ1) is 15.5. The van der Waals surface area contributed by atoms with Crippen molar-refractivity contribution < 1.29 is 4.74 Å². The third-order valence-electron chi connectivity index (χ3n) is 4.82. The van der Waals surface area contributed by atoms with Crippen molar-refractivity contribution in [3.8, 4) is 0 Å². The Morgan fingerprint density at radius 1 is 1.30 bits per heavy atom. The number of nitrogens with zero attached hydrogens (tertiary/aromatic N) is 2. The summed E-state index contributed by atoms with van der Waals surface area (Å²) in [5.74, 6) is 0.959. The molecule has 1 fully saturated rings. The van der Waals surface area contributed by atoms with Crippen LogP contribution in [0.2, 0.25) is 0 Å². The van der Waals surface area contributed by atoms with Crippen LogP contribution in [-0.4, -0.2) is 21.8 Å². The van der Waals surface area contributed by atoms with Gasteiger partial charge in [0.2, 0.25) is 0 Å². The Labute approximate surface area is 122 Å². The van der Waals surface area contributed by atoms with Crippen LogP contribution in [0.4, 0.5) is 0 Å². The number of aromatic nitrogens is 2. The maximum absolute atomic E-state index is 6.59. The first-order chi connectivity index (χ1) is 9.44. The molecule has 0 radical (unpaired) electrons. The molecule has 1 aromatic heterocycles. The van der Waals surface area contributed by atoms with Gasteiger partial charge in [-0.05, 0) is 44.9 Å². The zero-order valence-corrected chi connectivity index (χ0v) is 13.4. The van der Waals surface area contributed by atoms with E-state index in [9.17, 15) is 0 Å². The Balaban J connectivity index is 2.24. The lowest BCUT2D eigenvalue weighted by Crippen LogP contribution is -2.48. The van der Waals surface area contributed by atoms with Gasteiger partial charge in [0, 0.05) is 25.5 Å². The molecular weight excluding hydrogens is 250 g/mol. The molecule has 0 spiro atoms. The number of imidazole rings is 1. The lowest BCUT2D eigenvalue weighted by atomic mass is 9.68. The lowest BCUT2D eigenvalue weighted by molar-refractivity contribution is -0.102. The van der Waals surface area contributed by atoms with E-state index in [0.717, 1.165) is 38.1 Å². The molecule has 0 aromatic carbocycles. The quantitative estimate of drug-likeness (QED) is 0.900. The molecule has 20 heavy (non-hydrogen) atoms. The Morgan fingerprint density at radius 3 is 2.50 bits per heavy atom. The van der Waals surface area contributed by atoms with Gasteiger partial charge in [-0.3, -0.25) is 0 Å². The van der Waals surface area contributed by atoms with Crippen molar-refractivity contribution in [1.29, 1.82) is 0 Å². The van der Waals surface area contributed by atoms with Crippen molar-refractivity contribution in [3.63, 3.8) is 0 Å². The number of ether oxygens (including phenoxy) is 1. The molecule has 1 atom stereocenters. The largest absolute Gasteiger partial charge is 0.373 e. The highest BCUT2D eigenvalue weighted by Gasteiger charge is 2.45. The second-order valence-electron chi connectivity index (χ2n) is 6.71. The van der Waals surface area contributed by atoms with Crippen LogP contribution < -0.4 is 5.73 Å². The van der Waals surface area contributed by atoms with Gasteiger partial charge in [0.15, 0.2) is 0 Å². The van der Waals surface area contributed by atoms with Gasteiger partial charge in [0.05, 0.1) is 11.6 Å². The van der Waals surface area contributed by atoms with Crippen LogP contribution in [0.25, 0.3) is 0 Å². The smallest absolute Gasteiger partial charge is 0.128 e. The molecule has 0 aliphatic heterocycles. The SMILES string of the molecule is CCOC1(C(N)c2nccn2CC)CCC(C)(C)CC1. The molecule has 114 valence electrons. The molecule has 4 nitrogen and oxygen atoms in total. The van der Waals surface area contributed by atoms with E-state index in [1.165, 1.54) is 0 Å². The van der Waals surface area contributed by atoms with Crippen molar-refractivity contribution in [2.45, 2.75) is 71.6 Å². The standard InChI is InChI=1S/C16H29N3O/c1-5-19-12-11-18-14(19)13(17)16(20-6-2)9-7-15(3,4)8-10-16/h11-13H,5-10,17H2,1-4H3. The van der Waals surface area contributed by atoms with Crippen LogP contribution in [0, 0.1) is 5.41 Å². The minimum absolute atomic E-state index is 0.145. The molecule has 1 aliphatic carbocycles. The fraction of sp³-hybridized carbons (Fsp3) is 0.812. The van der Waals surface area contributed by atoms with Gasteiger partial charge in [-0.2, -0.15) is 0 Å². The van der Waals surface area contributed by atoms with Crippen LogP contribution in [0.1, 0.15) is 65.2 Å². The average molecular weight is 279 g/mol. The van der Waals surface area contributed by atoms with E-state index in [0.29, 0.717) is 12.0 Å². The normalized spacial score (nSPS) is 22.6. The van der Waals surface area contributed by atoms with Gasteiger partial charge in [-0.1, -0.05) is 13.8 Å². The molecule has 2 N–H and O–H groups in total. The van der Waals surface area contributed by atoms with Crippen LogP contribution in [-0.2, 0) is 11.3 Å². The third kappa shape index (κ3) is 2.91. The molecule has 1 aliphatic rings. The molecule has 0 amide bonds. The van der Waals surface area contributed by atoms with Crippen molar-refractivity contribution in [2.24, 2.45) is 11.1 Å². The Morgan fingerprint density at radius 2 is 1.95 bits per heavy atom. The van der Waals surface area contributed by atoms with Crippen molar-refractivity contribution in [2.75, 3.05) is 6.61 Å². The molecule has 4 heteroatoms. The van der Waals surface area contributed by atoms with E-state index in [1.54, 1.807) is 0 Å². The van der Waals surface area contributed by atoms with Crippen LogP contribution in [0.15, 0.2) is 12.4 Å². The van der Waals surface area contributed by atoms with Crippen LogP contribution in [0.5, 0.6) is 0 Å². The fourth-order valence-corrected chi connectivity index (χ4v) is 3.28. The van der Waals surface area contributed by atoms with Crippen molar-refractivity contribution in [1.82, 2.24) is 9.55 Å². The van der Waals surface area contributed by atoms with Crippen molar-refractivity contribution >= 4 is 0 Å². The predicted molar refractivity (Wildman–Crippen MR) is 81.4 cm³/mol. The van der Waals surface area contributed by atoms with Crippen molar-refractivity contribution in [3.05, 3.63) is 18.2 Å². The fourth-order valence-electron chi connectivity index (χ4n) is 3.28. The minimum atomic E-state index is -0.247. The third-order valence-corrected chi connectivity index (χ3v) is 4.82. The van der Waals surface area contributed by atoms with Gasteiger partial charge >= 0.3 is 0 Å². The highest BCUT2D eigenvalue weighted by molar-refractivity contribution is 5.09. The summed E-state index contributed by atoms with van der Waals surface area (Å²) in [5.41, 5.74) is 6.75. The highest BCUT2D eigenvalue weighted by Crippen LogP contribution is 2.46. The Kier molecular flexibility index (Phi) is 4.55. The second-order valence-corrected chi connectivity index (χ2v) is 6.71. The minimum Gasteiger partial charge on any atom is -0.373 e. The van der Waals surface area contributed by atoms with Gasteiger partial charge in [-0.25, -0.2) is 4.98 Å². The predicted octanol–water partition coefficient (Wildman–Crippen LogP) is 3.28. The molecule has 1 heterocycles. The van der Waals surface area contributed by atoms with Gasteiger partial charge in [0.25, 0.3) is 0 Å². The molecule has 1 saturated carbocycles. The first-order valence-electron chi connectivity index (χ1n) is 7.85. The molecule has 0 bridgehead atoms. The second kappa shape index (κ2) is 5.86. The topological polar surface area (TPSA) is 53.1 Å². The summed E-state index contributed by atoms with van der Waals surface area (Å²) in [6, 6.07) is -0.145. The van der Waals surface area contributed by atoms with E-state index in [4.69, 9.17) is 10.5 Å². The number of rotatable bonds is 5. The summed E-state index contributed by atoms with van der Waals surface area (Å²) in [5, 5.41) is 0. The number of aryl methyl sites for hydroxylation is 1. The van der Waals surface area contributed by atoms with Gasteiger partial charge in [0.1, 0.15) is 5.82 Å². The summed E-state index contributed by atoms with van der Waals surface area (Å²) in [6.45, 7) is 10.5. The Hall–Kier alpha value is -0.870. The summed E-state index contributed by atoms with van der Waals surface area (Å²) >= 11 is 0. The molecule has 2 rings (SSSR count). The lowest BCUT2D eigenvalue weighted by Gasteiger charge is -2.46. The zero-order chi connectivity index (χ0) is 14.8. The summed E-state index contributed by atoms with van der Waals surface area (Å²) in [7, 11) is 0. The van der Waals surface area contributed by atoms with E-state index >= 15 is 0 Å². The Bertz CT molecular complexity index is 429. The average Bonchev–Trinajstić information content (AvgIpc) is 2.89. The van der Waals surface area contributed by atoms with Gasteiger partial charge in [-0.15, -0.1) is 0 Å². The molecular formula is C16H29N3O. The van der Waals surface area contributed by atoms with E-state index in [2.05, 4.69) is 37.2 Å². The van der Waals surface area contributed by atoms with E-state index in [1.807, 2.05) is 12.4 Å². The van der Waals surface area contributed by atoms with Gasteiger partial charge < -0.3 is 15.0 Å². The maximum atomic E-state index is 6.59. The molecule has 1 unspecified atom stereocenters. The number of hydrogen-bond acceptors (Lipinski definition) is 3. The summed E-state index contributed by atoms with van der Waals surface area (Å²) in [6.07, 6.45) is 8.20. The monoisotopic (exact) mass is 279 g/mol. The zero-order valence-electron chi connectivity index (χ0n) is 13.4. The van der Waals surface area contributed by atoms with E-state index < -0.39 is 0 Å². The first-order valence-corrected chi connectivity index (χ1v) is 7.85. The van der Waals surface area contributed by atoms with Crippen LogP contribution in [0.3, 0.4) is 0 Å². The summed E-state index contributed by atoms with van der Waals surface area (Å²) in [4.78, 5) is 4.48. The maximum Gasteiger partial charge on any atom is 0.128 e. The molecule has 1 aromatic rings. The number of hydrogen-bond donors (Lipinski definition) is 1. The highest BCUT2D eigenvalue weighted by atomic mass is 16.5. The number of nitrogens with two attached hydrogens (primary N) is 1.